The van der Waals surface area contributed by atoms with Crippen LogP contribution in [0.3, 0.4) is 0 Å². The molecule has 0 saturated carbocycles. The average molecular weight is 292 g/mol. The molecule has 2 N–H and O–H groups in total. The smallest absolute Gasteiger partial charge is 0.272 e. The van der Waals surface area contributed by atoms with Crippen molar-refractivity contribution in [2.45, 2.75) is 46.6 Å². The Labute approximate surface area is 125 Å². The van der Waals surface area contributed by atoms with Gasteiger partial charge in [0.1, 0.15) is 0 Å². The summed E-state index contributed by atoms with van der Waals surface area (Å²) in [6, 6.07) is 0. The van der Waals surface area contributed by atoms with Crippen molar-refractivity contribution in [1.82, 2.24) is 20.4 Å². The second kappa shape index (κ2) is 6.74. The van der Waals surface area contributed by atoms with Crippen molar-refractivity contribution in [3.63, 3.8) is 0 Å². The molecule has 6 nitrogen and oxygen atoms in total. The fraction of sp³-hybridized carbons (Fsp3) is 0.667. The van der Waals surface area contributed by atoms with Crippen LogP contribution in [-0.4, -0.2) is 40.0 Å². The summed E-state index contributed by atoms with van der Waals surface area (Å²) in [5.74, 6) is 0.410. The SMILES string of the molecule is CCC(=O)N1CCc2[nH]nc(C(=O)NCC(C)CC)c2C1. The van der Waals surface area contributed by atoms with Gasteiger partial charge < -0.3 is 10.2 Å². The van der Waals surface area contributed by atoms with Gasteiger partial charge in [0.05, 0.1) is 0 Å². The lowest BCUT2D eigenvalue weighted by Gasteiger charge is -2.26. The Morgan fingerprint density at radius 1 is 1.43 bits per heavy atom. The largest absolute Gasteiger partial charge is 0.350 e. The molecule has 116 valence electrons. The predicted molar refractivity (Wildman–Crippen MR) is 79.8 cm³/mol. The van der Waals surface area contributed by atoms with Crippen molar-refractivity contribution in [2.24, 2.45) is 5.92 Å². The number of hydrogen-bond donors (Lipinski definition) is 2. The summed E-state index contributed by atoms with van der Waals surface area (Å²) < 4.78 is 0. The summed E-state index contributed by atoms with van der Waals surface area (Å²) >= 11 is 0. The van der Waals surface area contributed by atoms with Crippen molar-refractivity contribution in [2.75, 3.05) is 13.1 Å². The summed E-state index contributed by atoms with van der Waals surface area (Å²) in [7, 11) is 0. The van der Waals surface area contributed by atoms with Gasteiger partial charge >= 0.3 is 0 Å². The minimum atomic E-state index is -0.154. The molecule has 0 aromatic carbocycles. The Morgan fingerprint density at radius 2 is 2.19 bits per heavy atom. The first-order valence-corrected chi connectivity index (χ1v) is 7.68. The molecule has 0 bridgehead atoms. The van der Waals surface area contributed by atoms with Gasteiger partial charge in [0.15, 0.2) is 5.69 Å². The molecule has 6 heteroatoms. The van der Waals surface area contributed by atoms with E-state index in [0.717, 1.165) is 24.1 Å². The van der Waals surface area contributed by atoms with Gasteiger partial charge in [0.2, 0.25) is 5.91 Å². The van der Waals surface area contributed by atoms with Crippen LogP contribution in [0, 0.1) is 5.92 Å². The molecule has 1 aliphatic heterocycles. The van der Waals surface area contributed by atoms with E-state index in [0.29, 0.717) is 37.7 Å². The van der Waals surface area contributed by atoms with E-state index in [1.807, 2.05) is 6.92 Å². The van der Waals surface area contributed by atoms with Gasteiger partial charge in [-0.2, -0.15) is 5.10 Å². The monoisotopic (exact) mass is 292 g/mol. The van der Waals surface area contributed by atoms with Gasteiger partial charge in [-0.3, -0.25) is 14.7 Å². The van der Waals surface area contributed by atoms with Crippen LogP contribution in [0.2, 0.25) is 0 Å². The fourth-order valence-corrected chi connectivity index (χ4v) is 2.41. The standard InChI is InChI=1S/C15H24N4O2/c1-4-10(3)8-16-15(21)14-11-9-19(13(20)5-2)7-6-12(11)17-18-14/h10H,4-9H2,1-3H3,(H,16,21)(H,17,18). The van der Waals surface area contributed by atoms with Crippen LogP contribution in [-0.2, 0) is 17.8 Å². The second-order valence-corrected chi connectivity index (χ2v) is 5.67. The molecule has 2 rings (SSSR count). The van der Waals surface area contributed by atoms with Gasteiger partial charge in [0.25, 0.3) is 5.91 Å². The predicted octanol–water partition coefficient (Wildman–Crippen LogP) is 1.48. The number of nitrogens with zero attached hydrogens (tertiary/aromatic N) is 2. The van der Waals surface area contributed by atoms with E-state index in [-0.39, 0.29) is 11.8 Å². The average Bonchev–Trinajstić information content (AvgIpc) is 2.94. The maximum absolute atomic E-state index is 12.2. The van der Waals surface area contributed by atoms with Crippen LogP contribution < -0.4 is 5.32 Å². The van der Waals surface area contributed by atoms with Gasteiger partial charge in [-0.1, -0.05) is 27.2 Å². The highest BCUT2D eigenvalue weighted by atomic mass is 16.2. The molecule has 0 spiro atoms. The summed E-state index contributed by atoms with van der Waals surface area (Å²) in [6.07, 6.45) is 2.24. The van der Waals surface area contributed by atoms with Crippen LogP contribution in [0.25, 0.3) is 0 Å². The van der Waals surface area contributed by atoms with E-state index < -0.39 is 0 Å². The molecule has 0 aliphatic carbocycles. The molecule has 0 radical (unpaired) electrons. The third-order valence-corrected chi connectivity index (χ3v) is 4.11. The van der Waals surface area contributed by atoms with Crippen molar-refractivity contribution in [3.05, 3.63) is 17.0 Å². The number of carbonyl (C=O) groups excluding carboxylic acids is 2. The molecule has 2 heterocycles. The normalized spacial score (nSPS) is 15.5. The molecular formula is C15H24N4O2. The maximum atomic E-state index is 12.2. The summed E-state index contributed by atoms with van der Waals surface area (Å²) in [5.41, 5.74) is 2.27. The topological polar surface area (TPSA) is 78.1 Å². The van der Waals surface area contributed by atoms with E-state index in [1.54, 1.807) is 4.90 Å². The number of fused-ring (bicyclic) bond motifs is 1. The van der Waals surface area contributed by atoms with E-state index >= 15 is 0 Å². The quantitative estimate of drug-likeness (QED) is 0.863. The van der Waals surface area contributed by atoms with Crippen LogP contribution in [0.15, 0.2) is 0 Å². The third-order valence-electron chi connectivity index (χ3n) is 4.11. The highest BCUT2D eigenvalue weighted by Crippen LogP contribution is 2.21. The molecular weight excluding hydrogens is 268 g/mol. The summed E-state index contributed by atoms with van der Waals surface area (Å²) in [4.78, 5) is 25.9. The highest BCUT2D eigenvalue weighted by molar-refractivity contribution is 5.94. The Kier molecular flexibility index (Phi) is 4.98. The highest BCUT2D eigenvalue weighted by Gasteiger charge is 2.27. The summed E-state index contributed by atoms with van der Waals surface area (Å²) in [6.45, 7) is 7.87. The molecule has 21 heavy (non-hydrogen) atoms. The summed E-state index contributed by atoms with van der Waals surface area (Å²) in [5, 5.41) is 10.0. The molecule has 1 aromatic rings. The van der Waals surface area contributed by atoms with Gasteiger partial charge in [-0.25, -0.2) is 0 Å². The number of hydrogen-bond acceptors (Lipinski definition) is 3. The van der Waals surface area contributed by atoms with Crippen molar-refractivity contribution in [1.29, 1.82) is 0 Å². The van der Waals surface area contributed by atoms with Crippen molar-refractivity contribution >= 4 is 11.8 Å². The maximum Gasteiger partial charge on any atom is 0.272 e. The van der Waals surface area contributed by atoms with Gasteiger partial charge in [0, 0.05) is 43.7 Å². The molecule has 2 amide bonds. The van der Waals surface area contributed by atoms with Crippen LogP contribution in [0.4, 0.5) is 0 Å². The Morgan fingerprint density at radius 3 is 2.86 bits per heavy atom. The van der Waals surface area contributed by atoms with Crippen LogP contribution in [0.5, 0.6) is 0 Å². The molecule has 1 atom stereocenters. The number of aromatic amines is 1. The first-order chi connectivity index (χ1) is 10.1. The zero-order valence-electron chi connectivity index (χ0n) is 13.0. The Hall–Kier alpha value is -1.85. The molecule has 1 aliphatic rings. The Bertz CT molecular complexity index is 524. The van der Waals surface area contributed by atoms with Crippen LogP contribution >= 0.6 is 0 Å². The number of amides is 2. The number of nitrogens with one attached hydrogen (secondary N) is 2. The van der Waals surface area contributed by atoms with Gasteiger partial charge in [-0.05, 0) is 5.92 Å². The number of H-pyrrole nitrogens is 1. The van der Waals surface area contributed by atoms with Gasteiger partial charge in [-0.15, -0.1) is 0 Å². The third kappa shape index (κ3) is 3.43. The second-order valence-electron chi connectivity index (χ2n) is 5.67. The number of carbonyl (C=O) groups is 2. The lowest BCUT2D eigenvalue weighted by molar-refractivity contribution is -0.131. The first kappa shape index (κ1) is 15.5. The number of aromatic nitrogens is 2. The van der Waals surface area contributed by atoms with E-state index in [2.05, 4.69) is 29.4 Å². The molecule has 0 fully saturated rings. The van der Waals surface area contributed by atoms with E-state index in [9.17, 15) is 9.59 Å². The van der Waals surface area contributed by atoms with Crippen molar-refractivity contribution in [3.8, 4) is 0 Å². The number of rotatable bonds is 5. The van der Waals surface area contributed by atoms with Crippen molar-refractivity contribution < 1.29 is 9.59 Å². The van der Waals surface area contributed by atoms with E-state index in [4.69, 9.17) is 0 Å². The fourth-order valence-electron chi connectivity index (χ4n) is 2.41. The lowest BCUT2D eigenvalue weighted by Crippen LogP contribution is -2.36. The minimum Gasteiger partial charge on any atom is -0.350 e. The molecule has 1 unspecified atom stereocenters. The van der Waals surface area contributed by atoms with E-state index in [1.165, 1.54) is 0 Å². The Balaban J connectivity index is 2.08. The molecule has 1 aromatic heterocycles. The van der Waals surface area contributed by atoms with Crippen LogP contribution in [0.1, 0.15) is 55.4 Å². The zero-order valence-corrected chi connectivity index (χ0v) is 13.0. The molecule has 0 saturated heterocycles. The zero-order chi connectivity index (χ0) is 15.4. The lowest BCUT2D eigenvalue weighted by atomic mass is 10.0. The minimum absolute atomic E-state index is 0.118. The first-order valence-electron chi connectivity index (χ1n) is 7.68.